The van der Waals surface area contributed by atoms with Gasteiger partial charge in [-0.25, -0.2) is 0 Å². The lowest BCUT2D eigenvalue weighted by Crippen LogP contribution is -2.13. The van der Waals surface area contributed by atoms with Crippen molar-refractivity contribution in [2.45, 2.75) is 25.9 Å². The predicted octanol–water partition coefficient (Wildman–Crippen LogP) is 2.45. The third-order valence-corrected chi connectivity index (χ3v) is 2.49. The van der Waals surface area contributed by atoms with Gasteiger partial charge in [0, 0.05) is 5.69 Å². The van der Waals surface area contributed by atoms with Crippen LogP contribution >= 0.6 is 0 Å². The molecule has 2 N–H and O–H groups in total. The van der Waals surface area contributed by atoms with Crippen molar-refractivity contribution in [2.75, 3.05) is 5.73 Å². The van der Waals surface area contributed by atoms with Crippen molar-refractivity contribution in [1.29, 1.82) is 0 Å². The molecule has 1 aliphatic rings. The molecule has 1 aromatic carbocycles. The number of hydrogen-bond acceptors (Lipinski definition) is 2. The number of nitrogen functional groups attached to an aromatic ring is 1. The minimum atomic E-state index is 0.351. The average Bonchev–Trinajstić information content (AvgIpc) is 2.91. The monoisotopic (exact) mass is 177 g/mol. The Morgan fingerprint density at radius 2 is 1.92 bits per heavy atom. The number of ether oxygens (including phenoxy) is 1. The summed E-state index contributed by atoms with van der Waals surface area (Å²) in [5, 5.41) is 0. The second-order valence-electron chi connectivity index (χ2n) is 3.73. The fraction of sp³-hybridized carbons (Fsp3) is 0.455. The van der Waals surface area contributed by atoms with Crippen LogP contribution in [0.3, 0.4) is 0 Å². The molecule has 1 fully saturated rings. The maximum Gasteiger partial charge on any atom is 0.119 e. The first kappa shape index (κ1) is 8.42. The summed E-state index contributed by atoms with van der Waals surface area (Å²) in [5.74, 6) is 1.70. The molecule has 1 saturated carbocycles. The number of hydrogen-bond donors (Lipinski definition) is 1. The van der Waals surface area contributed by atoms with Gasteiger partial charge in [0.05, 0.1) is 6.10 Å². The molecule has 1 aliphatic carbocycles. The highest BCUT2D eigenvalue weighted by molar-refractivity contribution is 5.41. The van der Waals surface area contributed by atoms with E-state index in [-0.39, 0.29) is 0 Å². The van der Waals surface area contributed by atoms with Crippen molar-refractivity contribution in [2.24, 2.45) is 5.92 Å². The molecule has 0 saturated heterocycles. The standard InChI is InChI=1S/C11H15NO/c1-8(9-2-3-9)13-11-6-4-10(12)5-7-11/h4-9H,2-3,12H2,1H3/t8-/m1/s1. The van der Waals surface area contributed by atoms with Crippen LogP contribution in [0, 0.1) is 5.92 Å². The maximum absolute atomic E-state index is 5.74. The van der Waals surface area contributed by atoms with Crippen LogP contribution in [-0.4, -0.2) is 6.10 Å². The lowest BCUT2D eigenvalue weighted by molar-refractivity contribution is 0.198. The summed E-state index contributed by atoms with van der Waals surface area (Å²) in [4.78, 5) is 0. The molecule has 70 valence electrons. The van der Waals surface area contributed by atoms with Crippen LogP contribution in [0.25, 0.3) is 0 Å². The average molecular weight is 177 g/mol. The van der Waals surface area contributed by atoms with E-state index in [2.05, 4.69) is 6.92 Å². The van der Waals surface area contributed by atoms with Gasteiger partial charge in [0.1, 0.15) is 5.75 Å². The topological polar surface area (TPSA) is 35.2 Å². The minimum absolute atomic E-state index is 0.351. The van der Waals surface area contributed by atoms with Gasteiger partial charge in [-0.1, -0.05) is 0 Å². The molecule has 2 rings (SSSR count). The first-order valence-electron chi connectivity index (χ1n) is 4.78. The molecule has 1 atom stereocenters. The molecule has 13 heavy (non-hydrogen) atoms. The van der Waals surface area contributed by atoms with Crippen LogP contribution in [0.4, 0.5) is 5.69 Å². The van der Waals surface area contributed by atoms with Crippen LogP contribution in [0.2, 0.25) is 0 Å². The predicted molar refractivity (Wildman–Crippen MR) is 53.7 cm³/mol. The Morgan fingerprint density at radius 3 is 2.46 bits per heavy atom. The Balaban J connectivity index is 1.96. The summed E-state index contributed by atoms with van der Waals surface area (Å²) in [5.41, 5.74) is 6.36. The van der Waals surface area contributed by atoms with Gasteiger partial charge in [0.15, 0.2) is 0 Å². The van der Waals surface area contributed by atoms with Gasteiger partial charge < -0.3 is 10.5 Å². The van der Waals surface area contributed by atoms with Gasteiger partial charge >= 0.3 is 0 Å². The molecule has 2 nitrogen and oxygen atoms in total. The molecule has 0 spiro atoms. The normalized spacial score (nSPS) is 18.2. The highest BCUT2D eigenvalue weighted by atomic mass is 16.5. The van der Waals surface area contributed by atoms with Gasteiger partial charge in [-0.2, -0.15) is 0 Å². The van der Waals surface area contributed by atoms with E-state index in [4.69, 9.17) is 10.5 Å². The van der Waals surface area contributed by atoms with Crippen LogP contribution in [-0.2, 0) is 0 Å². The van der Waals surface area contributed by atoms with E-state index in [9.17, 15) is 0 Å². The van der Waals surface area contributed by atoms with E-state index < -0.39 is 0 Å². The number of benzene rings is 1. The van der Waals surface area contributed by atoms with Crippen molar-refractivity contribution < 1.29 is 4.74 Å². The number of rotatable bonds is 3. The molecule has 1 aromatic rings. The van der Waals surface area contributed by atoms with Crippen LogP contribution in [0.5, 0.6) is 5.75 Å². The fourth-order valence-corrected chi connectivity index (χ4v) is 1.42. The SMILES string of the molecule is C[C@@H](Oc1ccc(N)cc1)C1CC1. The van der Waals surface area contributed by atoms with Gasteiger partial charge in [-0.05, 0) is 49.9 Å². The van der Waals surface area contributed by atoms with E-state index in [1.165, 1.54) is 12.8 Å². The van der Waals surface area contributed by atoms with Crippen molar-refractivity contribution in [3.8, 4) is 5.75 Å². The van der Waals surface area contributed by atoms with E-state index in [1.807, 2.05) is 24.3 Å². The molecular formula is C11H15NO. The quantitative estimate of drug-likeness (QED) is 0.720. The lowest BCUT2D eigenvalue weighted by atomic mass is 10.2. The smallest absolute Gasteiger partial charge is 0.119 e. The van der Waals surface area contributed by atoms with Gasteiger partial charge in [0.2, 0.25) is 0 Å². The molecule has 2 heteroatoms. The summed E-state index contributed by atoms with van der Waals surface area (Å²) in [6.07, 6.45) is 2.98. The summed E-state index contributed by atoms with van der Waals surface area (Å²) >= 11 is 0. The first-order chi connectivity index (χ1) is 6.25. The zero-order valence-corrected chi connectivity index (χ0v) is 7.86. The minimum Gasteiger partial charge on any atom is -0.490 e. The lowest BCUT2D eigenvalue weighted by Gasteiger charge is -2.13. The molecule has 0 bridgehead atoms. The Morgan fingerprint density at radius 1 is 1.31 bits per heavy atom. The molecule has 0 unspecified atom stereocenters. The largest absolute Gasteiger partial charge is 0.490 e. The van der Waals surface area contributed by atoms with Crippen molar-refractivity contribution in [3.05, 3.63) is 24.3 Å². The molecule has 0 radical (unpaired) electrons. The summed E-state index contributed by atoms with van der Waals surface area (Å²) in [6, 6.07) is 7.59. The van der Waals surface area contributed by atoms with Crippen molar-refractivity contribution in [3.63, 3.8) is 0 Å². The number of anilines is 1. The zero-order valence-electron chi connectivity index (χ0n) is 7.86. The van der Waals surface area contributed by atoms with Crippen LogP contribution < -0.4 is 10.5 Å². The third-order valence-electron chi connectivity index (χ3n) is 2.49. The van der Waals surface area contributed by atoms with E-state index in [0.717, 1.165) is 17.4 Å². The van der Waals surface area contributed by atoms with Gasteiger partial charge in [-0.15, -0.1) is 0 Å². The maximum atomic E-state index is 5.74. The number of nitrogens with two attached hydrogens (primary N) is 1. The van der Waals surface area contributed by atoms with E-state index in [1.54, 1.807) is 0 Å². The second kappa shape index (κ2) is 3.29. The fourth-order valence-electron chi connectivity index (χ4n) is 1.42. The summed E-state index contributed by atoms with van der Waals surface area (Å²) in [6.45, 7) is 2.13. The Kier molecular flexibility index (Phi) is 2.13. The third kappa shape index (κ3) is 2.14. The van der Waals surface area contributed by atoms with Crippen molar-refractivity contribution >= 4 is 5.69 Å². The Bertz CT molecular complexity index is 277. The molecule has 0 aliphatic heterocycles. The Labute approximate surface area is 78.7 Å². The van der Waals surface area contributed by atoms with Crippen LogP contribution in [0.15, 0.2) is 24.3 Å². The van der Waals surface area contributed by atoms with E-state index in [0.29, 0.717) is 6.10 Å². The zero-order chi connectivity index (χ0) is 9.26. The van der Waals surface area contributed by atoms with Gasteiger partial charge in [0.25, 0.3) is 0 Å². The Hall–Kier alpha value is -1.18. The van der Waals surface area contributed by atoms with E-state index >= 15 is 0 Å². The van der Waals surface area contributed by atoms with Crippen molar-refractivity contribution in [1.82, 2.24) is 0 Å². The molecular weight excluding hydrogens is 162 g/mol. The second-order valence-corrected chi connectivity index (χ2v) is 3.73. The van der Waals surface area contributed by atoms with Crippen LogP contribution in [0.1, 0.15) is 19.8 Å². The first-order valence-corrected chi connectivity index (χ1v) is 4.78. The molecule has 0 aromatic heterocycles. The molecule has 0 heterocycles. The van der Waals surface area contributed by atoms with Gasteiger partial charge in [-0.3, -0.25) is 0 Å². The summed E-state index contributed by atoms with van der Waals surface area (Å²) in [7, 11) is 0. The summed E-state index contributed by atoms with van der Waals surface area (Å²) < 4.78 is 5.74. The molecule has 0 amide bonds. The highest BCUT2D eigenvalue weighted by Crippen LogP contribution is 2.34. The highest BCUT2D eigenvalue weighted by Gasteiger charge is 2.29.